The second kappa shape index (κ2) is 6.60. The van der Waals surface area contributed by atoms with Crippen molar-refractivity contribution in [2.45, 2.75) is 19.8 Å². The molecule has 6 heteroatoms. The van der Waals surface area contributed by atoms with Crippen LogP contribution in [0.1, 0.15) is 19.8 Å². The van der Waals surface area contributed by atoms with Crippen molar-refractivity contribution in [1.82, 2.24) is 15.0 Å². The molecule has 88 valence electrons. The van der Waals surface area contributed by atoms with E-state index >= 15 is 0 Å². The minimum Gasteiger partial charge on any atom is -0.357 e. The molecule has 0 atom stereocenters. The lowest BCUT2D eigenvalue weighted by Crippen LogP contribution is -2.10. The molecule has 0 aliphatic heterocycles. The maximum atomic E-state index is 4.19. The van der Waals surface area contributed by atoms with E-state index in [2.05, 4.69) is 44.4 Å². The van der Waals surface area contributed by atoms with Crippen molar-refractivity contribution < 1.29 is 0 Å². The summed E-state index contributed by atoms with van der Waals surface area (Å²) in [6.07, 6.45) is 3.75. The third-order valence-electron chi connectivity index (χ3n) is 1.90. The van der Waals surface area contributed by atoms with Gasteiger partial charge in [-0.2, -0.15) is 15.0 Å². The van der Waals surface area contributed by atoms with Crippen LogP contribution in [0.15, 0.2) is 12.8 Å². The lowest BCUT2D eigenvalue weighted by Gasteiger charge is -2.07. The molecule has 0 amide bonds. The molecule has 1 heterocycles. The maximum Gasteiger partial charge on any atom is 0.233 e. The normalized spacial score (nSPS) is 9.62. The van der Waals surface area contributed by atoms with Crippen LogP contribution in [-0.4, -0.2) is 28.5 Å². The Labute approximate surface area is 95.6 Å². The van der Waals surface area contributed by atoms with Gasteiger partial charge in [0.1, 0.15) is 0 Å². The zero-order valence-corrected chi connectivity index (χ0v) is 9.75. The number of unbranched alkanes of at least 4 members (excludes halogenated alkanes) is 1. The first-order chi connectivity index (χ1) is 7.80. The molecule has 0 spiro atoms. The monoisotopic (exact) mass is 222 g/mol. The first-order valence-electron chi connectivity index (χ1n) is 5.35. The number of anilines is 3. The van der Waals surface area contributed by atoms with Crippen LogP contribution in [-0.2, 0) is 0 Å². The van der Waals surface area contributed by atoms with Gasteiger partial charge in [0.05, 0.1) is 0 Å². The molecule has 1 aromatic heterocycles. The molecule has 0 unspecified atom stereocenters. The highest BCUT2D eigenvalue weighted by molar-refractivity contribution is 5.42. The summed E-state index contributed by atoms with van der Waals surface area (Å²) in [4.78, 5) is 12.5. The fraction of sp³-hybridized carbons (Fsp3) is 0.500. The van der Waals surface area contributed by atoms with E-state index in [9.17, 15) is 0 Å². The molecule has 0 bridgehead atoms. The second-order valence-corrected chi connectivity index (χ2v) is 3.19. The Hall–Kier alpha value is -1.85. The lowest BCUT2D eigenvalue weighted by atomic mass is 10.3. The van der Waals surface area contributed by atoms with Gasteiger partial charge in [0.2, 0.25) is 17.8 Å². The van der Waals surface area contributed by atoms with E-state index in [1.807, 2.05) is 0 Å². The fourth-order valence-electron chi connectivity index (χ4n) is 1.10. The summed E-state index contributed by atoms with van der Waals surface area (Å²) in [5.74, 6) is 1.57. The SMILES string of the molecule is C=CNc1nc(NC)nc(NCCCC)n1. The molecule has 16 heavy (non-hydrogen) atoms. The minimum absolute atomic E-state index is 0.480. The molecule has 0 radical (unpaired) electrons. The minimum atomic E-state index is 0.480. The van der Waals surface area contributed by atoms with Gasteiger partial charge in [-0.05, 0) is 12.6 Å². The van der Waals surface area contributed by atoms with Crippen LogP contribution in [0.25, 0.3) is 0 Å². The molecule has 0 aliphatic rings. The second-order valence-electron chi connectivity index (χ2n) is 3.19. The Morgan fingerprint density at radius 2 is 1.88 bits per heavy atom. The third-order valence-corrected chi connectivity index (χ3v) is 1.90. The van der Waals surface area contributed by atoms with Crippen molar-refractivity contribution in [3.8, 4) is 0 Å². The van der Waals surface area contributed by atoms with Crippen LogP contribution in [0.2, 0.25) is 0 Å². The van der Waals surface area contributed by atoms with Gasteiger partial charge < -0.3 is 16.0 Å². The van der Waals surface area contributed by atoms with Gasteiger partial charge in [-0.25, -0.2) is 0 Å². The quantitative estimate of drug-likeness (QED) is 0.609. The van der Waals surface area contributed by atoms with Crippen LogP contribution in [0.5, 0.6) is 0 Å². The van der Waals surface area contributed by atoms with Gasteiger partial charge in [0.15, 0.2) is 0 Å². The predicted molar refractivity (Wildman–Crippen MR) is 66.6 cm³/mol. The number of nitrogens with zero attached hydrogens (tertiary/aromatic N) is 3. The molecule has 6 nitrogen and oxygen atoms in total. The number of aromatic nitrogens is 3. The molecule has 0 fully saturated rings. The van der Waals surface area contributed by atoms with Crippen molar-refractivity contribution in [3.63, 3.8) is 0 Å². The highest BCUT2D eigenvalue weighted by Gasteiger charge is 2.03. The highest BCUT2D eigenvalue weighted by Crippen LogP contribution is 2.08. The Morgan fingerprint density at radius 1 is 1.19 bits per heavy atom. The fourth-order valence-corrected chi connectivity index (χ4v) is 1.10. The zero-order chi connectivity index (χ0) is 11.8. The van der Waals surface area contributed by atoms with Crippen molar-refractivity contribution in [3.05, 3.63) is 12.8 Å². The van der Waals surface area contributed by atoms with Crippen LogP contribution in [0.3, 0.4) is 0 Å². The first-order valence-corrected chi connectivity index (χ1v) is 5.35. The lowest BCUT2D eigenvalue weighted by molar-refractivity contribution is 0.825. The van der Waals surface area contributed by atoms with Crippen molar-refractivity contribution in [2.24, 2.45) is 0 Å². The molecule has 0 saturated heterocycles. The Kier molecular flexibility index (Phi) is 5.04. The zero-order valence-electron chi connectivity index (χ0n) is 9.75. The average molecular weight is 222 g/mol. The van der Waals surface area contributed by atoms with E-state index in [1.165, 1.54) is 6.20 Å². The van der Waals surface area contributed by atoms with Gasteiger partial charge in [-0.3, -0.25) is 0 Å². The molecule has 3 N–H and O–H groups in total. The summed E-state index contributed by atoms with van der Waals surface area (Å²) >= 11 is 0. The van der Waals surface area contributed by atoms with Crippen molar-refractivity contribution in [1.29, 1.82) is 0 Å². The number of nitrogens with one attached hydrogen (secondary N) is 3. The molecule has 0 saturated carbocycles. The molecule has 0 aliphatic carbocycles. The average Bonchev–Trinajstić information content (AvgIpc) is 2.29. The number of rotatable bonds is 7. The highest BCUT2D eigenvalue weighted by atomic mass is 15.3. The third kappa shape index (κ3) is 3.72. The van der Waals surface area contributed by atoms with E-state index < -0.39 is 0 Å². The van der Waals surface area contributed by atoms with Crippen molar-refractivity contribution in [2.75, 3.05) is 29.5 Å². The summed E-state index contributed by atoms with van der Waals surface area (Å²) in [6, 6.07) is 0. The molecular weight excluding hydrogens is 204 g/mol. The van der Waals surface area contributed by atoms with Gasteiger partial charge >= 0.3 is 0 Å². The van der Waals surface area contributed by atoms with Gasteiger partial charge in [-0.1, -0.05) is 19.9 Å². The predicted octanol–water partition coefficient (Wildman–Crippen LogP) is 1.68. The van der Waals surface area contributed by atoms with E-state index in [1.54, 1.807) is 7.05 Å². The summed E-state index contributed by atoms with van der Waals surface area (Å²) in [5.41, 5.74) is 0. The number of hydrogen-bond acceptors (Lipinski definition) is 6. The molecule has 1 aromatic rings. The Morgan fingerprint density at radius 3 is 2.50 bits per heavy atom. The molecule has 0 aromatic carbocycles. The summed E-state index contributed by atoms with van der Waals surface area (Å²) in [6.45, 7) is 6.56. The Balaban J connectivity index is 2.73. The largest absolute Gasteiger partial charge is 0.357 e. The molecule has 1 rings (SSSR count). The van der Waals surface area contributed by atoms with E-state index in [-0.39, 0.29) is 0 Å². The smallest absolute Gasteiger partial charge is 0.233 e. The van der Waals surface area contributed by atoms with Crippen LogP contribution < -0.4 is 16.0 Å². The van der Waals surface area contributed by atoms with Crippen LogP contribution in [0, 0.1) is 0 Å². The summed E-state index contributed by atoms with van der Waals surface area (Å²) in [7, 11) is 1.77. The first kappa shape index (κ1) is 12.2. The topological polar surface area (TPSA) is 74.8 Å². The van der Waals surface area contributed by atoms with Crippen LogP contribution in [0.4, 0.5) is 17.8 Å². The van der Waals surface area contributed by atoms with Crippen molar-refractivity contribution >= 4 is 17.8 Å². The summed E-state index contributed by atoms with van der Waals surface area (Å²) < 4.78 is 0. The number of hydrogen-bond donors (Lipinski definition) is 3. The summed E-state index contributed by atoms with van der Waals surface area (Å²) in [5, 5.41) is 8.86. The van der Waals surface area contributed by atoms with Gasteiger partial charge in [0.25, 0.3) is 0 Å². The van der Waals surface area contributed by atoms with Gasteiger partial charge in [-0.15, -0.1) is 0 Å². The van der Waals surface area contributed by atoms with Gasteiger partial charge in [0, 0.05) is 13.6 Å². The molecular formula is C10H18N6. The maximum absolute atomic E-state index is 4.19. The Bertz CT molecular complexity index is 338. The van der Waals surface area contributed by atoms with E-state index in [0.717, 1.165) is 19.4 Å². The van der Waals surface area contributed by atoms with E-state index in [4.69, 9.17) is 0 Å². The van der Waals surface area contributed by atoms with E-state index in [0.29, 0.717) is 17.8 Å². The van der Waals surface area contributed by atoms with Crippen LogP contribution >= 0.6 is 0 Å². The standard InChI is InChI=1S/C10H18N6/c1-4-6-7-13-10-15-8(11-3)14-9(16-10)12-5-2/h5H,2,4,6-7H2,1,3H3,(H3,11,12,13,14,15,16).